The maximum atomic E-state index is 10.8. The Balaban J connectivity index is 2.01. The molecular weight excluding hydrogens is 182 g/mol. The van der Waals surface area contributed by atoms with E-state index in [4.69, 9.17) is 0 Å². The van der Waals surface area contributed by atoms with Crippen LogP contribution in [0, 0.1) is 0 Å². The molecule has 0 bridgehead atoms. The molecule has 3 N–H and O–H groups in total. The molecule has 0 aliphatic heterocycles. The third-order valence-electron chi connectivity index (χ3n) is 1.91. The van der Waals surface area contributed by atoms with Gasteiger partial charge in [0.15, 0.2) is 0 Å². The first kappa shape index (κ1) is 8.61. The zero-order chi connectivity index (χ0) is 9.97. The van der Waals surface area contributed by atoms with Gasteiger partial charge >= 0.3 is 5.69 Å². The van der Waals surface area contributed by atoms with Crippen LogP contribution in [0.3, 0.4) is 0 Å². The van der Waals surface area contributed by atoms with Crippen LogP contribution in [0.4, 0.5) is 5.95 Å². The topological polar surface area (TPSA) is 78.5 Å². The van der Waals surface area contributed by atoms with E-state index >= 15 is 0 Å². The van der Waals surface area contributed by atoms with Crippen molar-refractivity contribution in [3.05, 3.63) is 34.8 Å². The molecule has 14 heavy (non-hydrogen) atoms. The third-order valence-corrected chi connectivity index (χ3v) is 1.91. The molecule has 0 aliphatic carbocycles. The number of hydrogen-bond acceptors (Lipinski definition) is 3. The van der Waals surface area contributed by atoms with Crippen LogP contribution in [0.25, 0.3) is 0 Å². The zero-order valence-electron chi connectivity index (χ0n) is 7.74. The predicted molar refractivity (Wildman–Crippen MR) is 51.9 cm³/mol. The summed E-state index contributed by atoms with van der Waals surface area (Å²) in [5, 5.41) is 3.08. The van der Waals surface area contributed by atoms with Crippen molar-refractivity contribution >= 4 is 5.95 Å². The van der Waals surface area contributed by atoms with Crippen molar-refractivity contribution in [2.24, 2.45) is 7.05 Å². The quantitative estimate of drug-likeness (QED) is 0.644. The maximum Gasteiger partial charge on any atom is 0.323 e. The average molecular weight is 193 g/mol. The highest BCUT2D eigenvalue weighted by molar-refractivity contribution is 5.26. The number of H-pyrrole nitrogens is 2. The fraction of sp³-hybridized carbons (Fsp3) is 0.250. The van der Waals surface area contributed by atoms with E-state index in [0.29, 0.717) is 6.54 Å². The number of rotatable bonds is 3. The lowest BCUT2D eigenvalue weighted by atomic mass is 10.5. The summed E-state index contributed by atoms with van der Waals surface area (Å²) in [6.45, 7) is 0.545. The van der Waals surface area contributed by atoms with Crippen LogP contribution in [-0.4, -0.2) is 19.5 Å². The van der Waals surface area contributed by atoms with Crippen molar-refractivity contribution in [1.82, 2.24) is 19.5 Å². The van der Waals surface area contributed by atoms with Crippen molar-refractivity contribution in [2.75, 3.05) is 5.32 Å². The minimum atomic E-state index is -0.193. The first-order chi connectivity index (χ1) is 6.75. The second kappa shape index (κ2) is 3.41. The minimum Gasteiger partial charge on any atom is -0.350 e. The molecule has 2 heterocycles. The van der Waals surface area contributed by atoms with Crippen LogP contribution in [0.15, 0.2) is 23.4 Å². The number of imidazole rings is 2. The van der Waals surface area contributed by atoms with Crippen molar-refractivity contribution < 1.29 is 0 Å². The predicted octanol–water partition coefficient (Wildman–Crippen LogP) is 0.0486. The third kappa shape index (κ3) is 1.68. The van der Waals surface area contributed by atoms with Crippen molar-refractivity contribution in [3.63, 3.8) is 0 Å². The van der Waals surface area contributed by atoms with Gasteiger partial charge in [0, 0.05) is 25.6 Å². The van der Waals surface area contributed by atoms with Crippen LogP contribution < -0.4 is 11.0 Å². The van der Waals surface area contributed by atoms with Gasteiger partial charge in [-0.1, -0.05) is 0 Å². The first-order valence-electron chi connectivity index (χ1n) is 4.23. The summed E-state index contributed by atoms with van der Waals surface area (Å²) >= 11 is 0. The Morgan fingerprint density at radius 2 is 2.50 bits per heavy atom. The van der Waals surface area contributed by atoms with Gasteiger partial charge in [-0.15, -0.1) is 0 Å². The molecule has 2 aromatic rings. The Morgan fingerprint density at radius 1 is 1.64 bits per heavy atom. The Bertz CT molecular complexity index is 466. The Morgan fingerprint density at radius 3 is 3.07 bits per heavy atom. The molecule has 2 rings (SSSR count). The number of nitrogens with one attached hydrogen (secondary N) is 3. The normalized spacial score (nSPS) is 10.4. The number of nitrogens with zero attached hydrogens (tertiary/aromatic N) is 2. The van der Waals surface area contributed by atoms with E-state index in [9.17, 15) is 4.79 Å². The molecule has 6 nitrogen and oxygen atoms in total. The van der Waals surface area contributed by atoms with Crippen LogP contribution >= 0.6 is 0 Å². The van der Waals surface area contributed by atoms with Crippen molar-refractivity contribution in [1.29, 1.82) is 0 Å². The summed E-state index contributed by atoms with van der Waals surface area (Å²) in [4.78, 5) is 20.0. The molecule has 74 valence electrons. The number of anilines is 1. The molecule has 6 heteroatoms. The van der Waals surface area contributed by atoms with Crippen molar-refractivity contribution in [3.8, 4) is 0 Å². The Kier molecular flexibility index (Phi) is 2.10. The van der Waals surface area contributed by atoms with E-state index in [-0.39, 0.29) is 5.69 Å². The lowest BCUT2D eigenvalue weighted by Gasteiger charge is -2.03. The second-order valence-electron chi connectivity index (χ2n) is 2.98. The summed E-state index contributed by atoms with van der Waals surface area (Å²) in [6.07, 6.45) is 5.20. The van der Waals surface area contributed by atoms with E-state index in [1.54, 1.807) is 12.4 Å². The van der Waals surface area contributed by atoms with Gasteiger partial charge in [0.05, 0.1) is 12.2 Å². The standard InChI is InChI=1S/C8H11N5O/c1-13-3-2-9-7(13)10-4-6-5-11-8(14)12-6/h2-3,5H,4H2,1H3,(H,9,10)(H2,11,12,14). The van der Waals surface area contributed by atoms with Gasteiger partial charge in [0.2, 0.25) is 5.95 Å². The molecule has 2 aromatic heterocycles. The van der Waals surface area contributed by atoms with Gasteiger partial charge in [-0.2, -0.15) is 0 Å². The molecule has 0 unspecified atom stereocenters. The molecule has 0 aliphatic rings. The molecule has 0 amide bonds. The zero-order valence-corrected chi connectivity index (χ0v) is 7.74. The van der Waals surface area contributed by atoms with E-state index in [2.05, 4.69) is 20.3 Å². The summed E-state index contributed by atoms with van der Waals surface area (Å²) in [5.41, 5.74) is 0.611. The lowest BCUT2D eigenvalue weighted by Crippen LogP contribution is -2.07. The molecule has 0 aromatic carbocycles. The van der Waals surface area contributed by atoms with Gasteiger partial charge < -0.3 is 19.9 Å². The molecule has 0 saturated heterocycles. The van der Waals surface area contributed by atoms with Gasteiger partial charge in [0.25, 0.3) is 0 Å². The number of aromatic nitrogens is 4. The SMILES string of the molecule is Cn1ccnc1NCc1c[nH]c(=O)[nH]1. The van der Waals surface area contributed by atoms with Gasteiger partial charge in [-0.05, 0) is 0 Å². The number of hydrogen-bond donors (Lipinski definition) is 3. The Hall–Kier alpha value is -1.98. The lowest BCUT2D eigenvalue weighted by molar-refractivity contribution is 0.893. The van der Waals surface area contributed by atoms with E-state index in [1.807, 2.05) is 17.8 Å². The maximum absolute atomic E-state index is 10.8. The first-order valence-corrected chi connectivity index (χ1v) is 4.23. The van der Waals surface area contributed by atoms with Crippen LogP contribution in [-0.2, 0) is 13.6 Å². The van der Waals surface area contributed by atoms with E-state index < -0.39 is 0 Å². The molecule has 0 atom stereocenters. The van der Waals surface area contributed by atoms with E-state index in [1.165, 1.54) is 0 Å². The summed E-state index contributed by atoms with van der Waals surface area (Å²) in [6, 6.07) is 0. The van der Waals surface area contributed by atoms with Crippen LogP contribution in [0.5, 0.6) is 0 Å². The summed E-state index contributed by atoms with van der Waals surface area (Å²) in [7, 11) is 1.90. The van der Waals surface area contributed by atoms with Gasteiger partial charge in [0.1, 0.15) is 0 Å². The molecule has 0 saturated carbocycles. The largest absolute Gasteiger partial charge is 0.350 e. The van der Waals surface area contributed by atoms with Gasteiger partial charge in [-0.25, -0.2) is 9.78 Å². The molecule has 0 spiro atoms. The number of aryl methyl sites for hydroxylation is 1. The van der Waals surface area contributed by atoms with E-state index in [0.717, 1.165) is 11.6 Å². The monoisotopic (exact) mass is 193 g/mol. The smallest absolute Gasteiger partial charge is 0.323 e. The van der Waals surface area contributed by atoms with Crippen LogP contribution in [0.1, 0.15) is 5.69 Å². The summed E-state index contributed by atoms with van der Waals surface area (Å²) < 4.78 is 1.87. The Labute approximate surface area is 80.0 Å². The number of aromatic amines is 2. The minimum absolute atomic E-state index is 0.193. The molecule has 0 radical (unpaired) electrons. The summed E-state index contributed by atoms with van der Waals surface area (Å²) in [5.74, 6) is 0.770. The highest BCUT2D eigenvalue weighted by Crippen LogP contribution is 2.02. The van der Waals surface area contributed by atoms with Crippen molar-refractivity contribution in [2.45, 2.75) is 6.54 Å². The van der Waals surface area contributed by atoms with Gasteiger partial charge in [-0.3, -0.25) is 0 Å². The fourth-order valence-corrected chi connectivity index (χ4v) is 1.18. The fourth-order valence-electron chi connectivity index (χ4n) is 1.18. The average Bonchev–Trinajstić information content (AvgIpc) is 2.72. The van der Waals surface area contributed by atoms with Crippen LogP contribution in [0.2, 0.25) is 0 Å². The molecular formula is C8H11N5O. The second-order valence-corrected chi connectivity index (χ2v) is 2.98. The highest BCUT2D eigenvalue weighted by atomic mass is 16.1. The molecule has 0 fully saturated rings. The highest BCUT2D eigenvalue weighted by Gasteiger charge is 1.99.